The topological polar surface area (TPSA) is 38.7 Å². The molecule has 30 heavy (non-hydrogen) atoms. The van der Waals surface area contributed by atoms with E-state index < -0.39 is 0 Å². The quantitative estimate of drug-likeness (QED) is 0.229. The standard InChI is InChI=1S/C27H21N3/c1-14-8-15(2)10-18(9-14)24-13-22-21-11-16(3)28-23-7-5-6-19(25(21)23)20-12-17(4)29-27(30-24)26(20)22/h5-13H,1-4H3. The molecule has 0 aliphatic carbocycles. The first-order valence-electron chi connectivity index (χ1n) is 10.3. The molecule has 3 heteroatoms. The largest absolute Gasteiger partial charge is 0.253 e. The smallest absolute Gasteiger partial charge is 0.161 e. The van der Waals surface area contributed by atoms with E-state index in [1.54, 1.807) is 0 Å². The van der Waals surface area contributed by atoms with Gasteiger partial charge in [-0.15, -0.1) is 0 Å². The van der Waals surface area contributed by atoms with Gasteiger partial charge in [-0.05, 0) is 85.6 Å². The Hall–Kier alpha value is -3.59. The molecule has 6 rings (SSSR count). The first kappa shape index (κ1) is 17.3. The third kappa shape index (κ3) is 2.42. The molecule has 3 aromatic heterocycles. The molecule has 3 heterocycles. The molecular formula is C27H21N3. The Morgan fingerprint density at radius 3 is 2.00 bits per heavy atom. The van der Waals surface area contributed by atoms with Crippen LogP contribution in [0.3, 0.4) is 0 Å². The second kappa shape index (κ2) is 5.96. The van der Waals surface area contributed by atoms with Gasteiger partial charge in [0, 0.05) is 27.7 Å². The average Bonchev–Trinajstić information content (AvgIpc) is 2.69. The lowest BCUT2D eigenvalue weighted by atomic mass is 9.92. The van der Waals surface area contributed by atoms with Crippen molar-refractivity contribution in [1.29, 1.82) is 0 Å². The minimum absolute atomic E-state index is 0.814. The van der Waals surface area contributed by atoms with E-state index in [1.165, 1.54) is 38.1 Å². The summed E-state index contributed by atoms with van der Waals surface area (Å²) in [5.41, 5.74) is 8.45. The van der Waals surface area contributed by atoms with Gasteiger partial charge in [0.1, 0.15) is 0 Å². The monoisotopic (exact) mass is 387 g/mol. The maximum atomic E-state index is 5.02. The van der Waals surface area contributed by atoms with E-state index in [2.05, 4.69) is 75.4 Å². The Kier molecular flexibility index (Phi) is 3.43. The number of nitrogens with zero attached hydrogens (tertiary/aromatic N) is 3. The summed E-state index contributed by atoms with van der Waals surface area (Å²) in [7, 11) is 0. The van der Waals surface area contributed by atoms with Crippen LogP contribution in [0.15, 0.2) is 54.6 Å². The fraction of sp³-hybridized carbons (Fsp3) is 0.148. The van der Waals surface area contributed by atoms with Crippen molar-refractivity contribution in [1.82, 2.24) is 15.0 Å². The van der Waals surface area contributed by atoms with Crippen molar-refractivity contribution >= 4 is 43.5 Å². The first-order chi connectivity index (χ1) is 14.5. The van der Waals surface area contributed by atoms with Crippen molar-refractivity contribution < 1.29 is 0 Å². The lowest BCUT2D eigenvalue weighted by Crippen LogP contribution is -1.96. The first-order valence-corrected chi connectivity index (χ1v) is 10.3. The number of pyridine rings is 3. The molecule has 0 saturated heterocycles. The molecule has 3 aromatic carbocycles. The van der Waals surface area contributed by atoms with Crippen LogP contribution >= 0.6 is 0 Å². The Balaban J connectivity index is 1.88. The molecule has 0 fully saturated rings. The molecule has 0 spiro atoms. The van der Waals surface area contributed by atoms with Crippen LogP contribution in [0.4, 0.5) is 0 Å². The van der Waals surface area contributed by atoms with E-state index in [0.29, 0.717) is 0 Å². The zero-order valence-corrected chi connectivity index (χ0v) is 17.5. The Bertz CT molecular complexity index is 1610. The van der Waals surface area contributed by atoms with Crippen LogP contribution in [-0.2, 0) is 0 Å². The van der Waals surface area contributed by atoms with Crippen LogP contribution in [0.5, 0.6) is 0 Å². The molecule has 0 aliphatic heterocycles. The van der Waals surface area contributed by atoms with Crippen molar-refractivity contribution in [3.05, 3.63) is 77.1 Å². The van der Waals surface area contributed by atoms with Gasteiger partial charge in [-0.25, -0.2) is 9.97 Å². The molecule has 0 amide bonds. The van der Waals surface area contributed by atoms with Crippen molar-refractivity contribution in [2.75, 3.05) is 0 Å². The SMILES string of the molecule is Cc1cc(C)cc(-c2cc3c4cc(C)nc5cccc(c6cc(C)nc(n2)c63)c54)c1. The molecule has 0 aliphatic rings. The van der Waals surface area contributed by atoms with Gasteiger partial charge in [-0.2, -0.15) is 0 Å². The maximum absolute atomic E-state index is 5.02. The molecule has 6 aromatic rings. The summed E-state index contributed by atoms with van der Waals surface area (Å²) >= 11 is 0. The van der Waals surface area contributed by atoms with Crippen LogP contribution in [0.2, 0.25) is 0 Å². The van der Waals surface area contributed by atoms with E-state index in [4.69, 9.17) is 15.0 Å². The van der Waals surface area contributed by atoms with Crippen molar-refractivity contribution in [2.24, 2.45) is 0 Å². The Morgan fingerprint density at radius 1 is 0.567 bits per heavy atom. The lowest BCUT2D eigenvalue weighted by molar-refractivity contribution is 1.21. The molecule has 144 valence electrons. The van der Waals surface area contributed by atoms with Gasteiger partial charge in [-0.3, -0.25) is 4.98 Å². The molecule has 0 atom stereocenters. The van der Waals surface area contributed by atoms with Gasteiger partial charge in [0.25, 0.3) is 0 Å². The second-order valence-corrected chi connectivity index (χ2v) is 8.45. The van der Waals surface area contributed by atoms with Crippen LogP contribution in [0, 0.1) is 27.7 Å². The summed E-state index contributed by atoms with van der Waals surface area (Å²) in [5, 5.41) is 7.21. The third-order valence-electron chi connectivity index (χ3n) is 5.96. The van der Waals surface area contributed by atoms with Crippen molar-refractivity contribution in [2.45, 2.75) is 27.7 Å². The second-order valence-electron chi connectivity index (χ2n) is 8.45. The lowest BCUT2D eigenvalue weighted by Gasteiger charge is -2.16. The molecule has 3 nitrogen and oxygen atoms in total. The van der Waals surface area contributed by atoms with Gasteiger partial charge in [0.15, 0.2) is 5.65 Å². The van der Waals surface area contributed by atoms with Crippen molar-refractivity contribution in [3.8, 4) is 11.3 Å². The summed E-state index contributed by atoms with van der Waals surface area (Å²) in [5.74, 6) is 0. The van der Waals surface area contributed by atoms with Crippen molar-refractivity contribution in [3.63, 3.8) is 0 Å². The molecule has 0 radical (unpaired) electrons. The van der Waals surface area contributed by atoms with Crippen LogP contribution in [0.1, 0.15) is 22.5 Å². The van der Waals surface area contributed by atoms with Crippen LogP contribution < -0.4 is 0 Å². The highest BCUT2D eigenvalue weighted by molar-refractivity contribution is 6.32. The minimum Gasteiger partial charge on any atom is -0.253 e. The fourth-order valence-corrected chi connectivity index (χ4v) is 4.91. The summed E-state index contributed by atoms with van der Waals surface area (Å²) in [6.45, 7) is 8.38. The fourth-order valence-electron chi connectivity index (χ4n) is 4.91. The highest BCUT2D eigenvalue weighted by Gasteiger charge is 2.17. The van der Waals surface area contributed by atoms with Crippen LogP contribution in [-0.4, -0.2) is 15.0 Å². The number of aromatic nitrogens is 3. The van der Waals surface area contributed by atoms with E-state index in [0.717, 1.165) is 39.2 Å². The summed E-state index contributed by atoms with van der Waals surface area (Å²) in [4.78, 5) is 14.7. The Morgan fingerprint density at radius 2 is 1.23 bits per heavy atom. The summed E-state index contributed by atoms with van der Waals surface area (Å²) in [6.07, 6.45) is 0. The molecular weight excluding hydrogens is 366 g/mol. The predicted octanol–water partition coefficient (Wildman–Crippen LogP) is 6.82. The average molecular weight is 387 g/mol. The Labute approximate surface area is 174 Å². The normalized spacial score (nSPS) is 12.0. The van der Waals surface area contributed by atoms with E-state index >= 15 is 0 Å². The third-order valence-corrected chi connectivity index (χ3v) is 5.96. The molecule has 0 bridgehead atoms. The highest BCUT2D eigenvalue weighted by atomic mass is 14.9. The van der Waals surface area contributed by atoms with E-state index in [9.17, 15) is 0 Å². The van der Waals surface area contributed by atoms with Gasteiger partial charge in [0.05, 0.1) is 11.2 Å². The number of hydrogen-bond acceptors (Lipinski definition) is 3. The molecule has 0 unspecified atom stereocenters. The maximum Gasteiger partial charge on any atom is 0.161 e. The number of hydrogen-bond donors (Lipinski definition) is 0. The zero-order valence-electron chi connectivity index (χ0n) is 17.5. The van der Waals surface area contributed by atoms with E-state index in [1.807, 2.05) is 6.92 Å². The van der Waals surface area contributed by atoms with E-state index in [-0.39, 0.29) is 0 Å². The predicted molar refractivity (Wildman–Crippen MR) is 125 cm³/mol. The summed E-state index contributed by atoms with van der Waals surface area (Å²) in [6, 6.07) is 19.6. The van der Waals surface area contributed by atoms with Gasteiger partial charge in [0.2, 0.25) is 0 Å². The zero-order chi connectivity index (χ0) is 20.6. The highest BCUT2D eigenvalue weighted by Crippen LogP contribution is 2.40. The van der Waals surface area contributed by atoms with Crippen LogP contribution in [0.25, 0.3) is 54.7 Å². The van der Waals surface area contributed by atoms with Gasteiger partial charge < -0.3 is 0 Å². The van der Waals surface area contributed by atoms with Gasteiger partial charge >= 0.3 is 0 Å². The van der Waals surface area contributed by atoms with Gasteiger partial charge in [-0.1, -0.05) is 29.3 Å². The number of fused-ring (bicyclic) bond motifs is 2. The minimum atomic E-state index is 0.814. The molecule has 0 N–H and O–H groups in total. The molecule has 0 saturated carbocycles. The number of rotatable bonds is 1. The number of benzene rings is 3. The number of aryl methyl sites for hydroxylation is 4. The summed E-state index contributed by atoms with van der Waals surface area (Å²) < 4.78 is 0.